The Kier molecular flexibility index (Phi) is 9.21. The van der Waals surface area contributed by atoms with Gasteiger partial charge in [-0.25, -0.2) is 0 Å². The molecule has 1 unspecified atom stereocenters. The van der Waals surface area contributed by atoms with Crippen LogP contribution in [0.1, 0.15) is 58.8 Å². The van der Waals surface area contributed by atoms with Crippen molar-refractivity contribution in [2.75, 3.05) is 6.54 Å². The second-order valence-electron chi connectivity index (χ2n) is 4.67. The van der Waals surface area contributed by atoms with Gasteiger partial charge < -0.3 is 4.70 Å². The number of quaternary nitrogens is 1. The maximum atomic E-state index is 2.32. The fourth-order valence-corrected chi connectivity index (χ4v) is 2.07. The first-order valence-corrected chi connectivity index (χ1v) is 6.55. The molecule has 0 aromatic heterocycles. The third-order valence-electron chi connectivity index (χ3n) is 3.04. The molecule has 1 aliphatic rings. The van der Waals surface area contributed by atoms with Crippen LogP contribution < -0.4 is 9.60 Å². The van der Waals surface area contributed by atoms with Gasteiger partial charge in [-0.3, -0.25) is 4.90 Å². The second kappa shape index (κ2) is 9.59. The van der Waals surface area contributed by atoms with Crippen molar-refractivity contribution in [2.24, 2.45) is 0 Å². The summed E-state index contributed by atoms with van der Waals surface area (Å²) < 4.78 is 0. The Morgan fingerprint density at radius 2 is 1.62 bits per heavy atom. The van der Waals surface area contributed by atoms with Gasteiger partial charge in [-0.05, 0) is 25.8 Å². The summed E-state index contributed by atoms with van der Waals surface area (Å²) in [6.07, 6.45) is 16.7. The Morgan fingerprint density at radius 3 is 2.19 bits per heavy atom. The number of hydrogen-bond donors (Lipinski definition) is 1. The van der Waals surface area contributed by atoms with E-state index in [9.17, 15) is 0 Å². The molecule has 0 aromatic carbocycles. The van der Waals surface area contributed by atoms with Crippen LogP contribution >= 0.6 is 0 Å². The Balaban J connectivity index is 0.00000225. The first kappa shape index (κ1) is 15.4. The van der Waals surface area contributed by atoms with E-state index in [0.717, 1.165) is 0 Å². The summed E-state index contributed by atoms with van der Waals surface area (Å²) in [6.45, 7) is 5.73. The van der Waals surface area contributed by atoms with Crippen LogP contribution in [-0.2, 0) is 0 Å². The van der Waals surface area contributed by atoms with Crippen molar-refractivity contribution in [3.05, 3.63) is 24.0 Å². The topological polar surface area (TPSA) is 4.44 Å². The largest absolute Gasteiger partial charge is 1.00 e. The maximum Gasteiger partial charge on any atom is 0.102 e. The SMILES string of the molecule is CCCCCCCCC[NH+]1C=CC(C)=C1.[F-]. The van der Waals surface area contributed by atoms with Crippen molar-refractivity contribution in [3.63, 3.8) is 0 Å². The molecule has 0 saturated heterocycles. The van der Waals surface area contributed by atoms with Gasteiger partial charge in [-0.2, -0.15) is 0 Å². The van der Waals surface area contributed by atoms with Gasteiger partial charge in [-0.15, -0.1) is 0 Å². The lowest BCUT2D eigenvalue weighted by atomic mass is 10.1. The van der Waals surface area contributed by atoms with Crippen LogP contribution in [0.3, 0.4) is 0 Å². The summed E-state index contributed by atoms with van der Waals surface area (Å²) >= 11 is 0. The normalized spacial score (nSPS) is 18.4. The van der Waals surface area contributed by atoms with E-state index in [1.54, 1.807) is 0 Å². The highest BCUT2D eigenvalue weighted by Crippen LogP contribution is 2.06. The van der Waals surface area contributed by atoms with Crippen LogP contribution in [0, 0.1) is 0 Å². The molecule has 0 aliphatic carbocycles. The molecular weight excluding hydrogens is 201 g/mol. The highest BCUT2D eigenvalue weighted by Gasteiger charge is 2.06. The van der Waals surface area contributed by atoms with E-state index in [4.69, 9.17) is 0 Å². The quantitative estimate of drug-likeness (QED) is 0.559. The molecule has 1 heterocycles. The number of unbranched alkanes of at least 4 members (excludes halogenated alkanes) is 6. The van der Waals surface area contributed by atoms with Crippen LogP contribution in [-0.4, -0.2) is 6.54 Å². The maximum absolute atomic E-state index is 2.32. The summed E-state index contributed by atoms with van der Waals surface area (Å²) in [7, 11) is 0. The minimum atomic E-state index is 0. The fraction of sp³-hybridized carbons (Fsp3) is 0.714. The lowest BCUT2D eigenvalue weighted by Gasteiger charge is -2.06. The van der Waals surface area contributed by atoms with Gasteiger partial charge in [0.1, 0.15) is 6.20 Å². The van der Waals surface area contributed by atoms with Crippen molar-refractivity contribution in [2.45, 2.75) is 58.8 Å². The van der Waals surface area contributed by atoms with Crippen molar-refractivity contribution >= 4 is 0 Å². The molecular formula is C14H26FN. The predicted octanol–water partition coefficient (Wildman–Crippen LogP) is 0.0570. The van der Waals surface area contributed by atoms with Gasteiger partial charge in [0.25, 0.3) is 0 Å². The number of nitrogens with one attached hydrogen (secondary N) is 1. The fourth-order valence-electron chi connectivity index (χ4n) is 2.07. The van der Waals surface area contributed by atoms with Crippen LogP contribution in [0.25, 0.3) is 0 Å². The minimum absolute atomic E-state index is 0. The van der Waals surface area contributed by atoms with E-state index < -0.39 is 0 Å². The molecule has 1 aliphatic heterocycles. The van der Waals surface area contributed by atoms with E-state index in [1.807, 2.05) is 0 Å². The number of hydrogen-bond acceptors (Lipinski definition) is 0. The summed E-state index contributed by atoms with van der Waals surface area (Å²) in [5, 5.41) is 0. The van der Waals surface area contributed by atoms with Crippen LogP contribution in [0.5, 0.6) is 0 Å². The Hall–Kier alpha value is -0.630. The van der Waals surface area contributed by atoms with Crippen molar-refractivity contribution in [1.29, 1.82) is 0 Å². The number of rotatable bonds is 8. The summed E-state index contributed by atoms with van der Waals surface area (Å²) in [5.74, 6) is 0. The summed E-state index contributed by atoms with van der Waals surface area (Å²) in [4.78, 5) is 1.53. The molecule has 0 amide bonds. The molecule has 0 fully saturated rings. The van der Waals surface area contributed by atoms with Crippen LogP contribution in [0.4, 0.5) is 0 Å². The molecule has 0 saturated carbocycles. The van der Waals surface area contributed by atoms with Crippen LogP contribution in [0.2, 0.25) is 0 Å². The van der Waals surface area contributed by atoms with Crippen molar-refractivity contribution in [3.8, 4) is 0 Å². The van der Waals surface area contributed by atoms with E-state index in [-0.39, 0.29) is 4.70 Å². The third kappa shape index (κ3) is 6.78. The number of allylic oxidation sites excluding steroid dienone is 2. The Morgan fingerprint density at radius 1 is 1.00 bits per heavy atom. The standard InChI is InChI=1S/C14H25N.FH/c1-3-4-5-6-7-8-9-11-15-12-10-14(2)13-15;/h10,12-13H,3-9,11H2,1-2H3;1H. The zero-order valence-corrected chi connectivity index (χ0v) is 10.8. The first-order chi connectivity index (χ1) is 7.33. The van der Waals surface area contributed by atoms with E-state index >= 15 is 0 Å². The molecule has 94 valence electrons. The van der Waals surface area contributed by atoms with Crippen LogP contribution in [0.15, 0.2) is 24.0 Å². The predicted molar refractivity (Wildman–Crippen MR) is 66.7 cm³/mol. The molecule has 0 radical (unpaired) electrons. The van der Waals surface area contributed by atoms with Crippen molar-refractivity contribution < 1.29 is 9.60 Å². The second-order valence-corrected chi connectivity index (χ2v) is 4.67. The molecule has 1 nitrogen and oxygen atoms in total. The zero-order valence-electron chi connectivity index (χ0n) is 10.8. The first-order valence-electron chi connectivity index (χ1n) is 6.55. The molecule has 2 heteroatoms. The van der Waals surface area contributed by atoms with Gasteiger partial charge in [-0.1, -0.05) is 39.0 Å². The zero-order chi connectivity index (χ0) is 10.9. The van der Waals surface area contributed by atoms with Gasteiger partial charge in [0, 0.05) is 5.57 Å². The smallest absolute Gasteiger partial charge is 0.102 e. The molecule has 0 bridgehead atoms. The van der Waals surface area contributed by atoms with Gasteiger partial charge in [0.05, 0.1) is 12.7 Å². The highest BCUT2D eigenvalue weighted by atomic mass is 19.0. The van der Waals surface area contributed by atoms with E-state index in [0.29, 0.717) is 0 Å². The Labute approximate surface area is 99.6 Å². The monoisotopic (exact) mass is 227 g/mol. The lowest BCUT2D eigenvalue weighted by molar-refractivity contribution is -0.788. The minimum Gasteiger partial charge on any atom is -1.00 e. The van der Waals surface area contributed by atoms with Crippen molar-refractivity contribution in [1.82, 2.24) is 0 Å². The molecule has 16 heavy (non-hydrogen) atoms. The molecule has 0 spiro atoms. The average Bonchev–Trinajstić information content (AvgIpc) is 2.63. The molecule has 1 rings (SSSR count). The molecule has 0 aromatic rings. The Bertz CT molecular complexity index is 221. The average molecular weight is 227 g/mol. The van der Waals surface area contributed by atoms with E-state index in [2.05, 4.69) is 32.3 Å². The lowest BCUT2D eigenvalue weighted by Crippen LogP contribution is -3.01. The highest BCUT2D eigenvalue weighted by molar-refractivity contribution is 5.14. The third-order valence-corrected chi connectivity index (χ3v) is 3.04. The van der Waals surface area contributed by atoms with Gasteiger partial charge >= 0.3 is 0 Å². The summed E-state index contributed by atoms with van der Waals surface area (Å²) in [5.41, 5.74) is 1.41. The van der Waals surface area contributed by atoms with Gasteiger partial charge in [0.2, 0.25) is 0 Å². The molecule has 1 atom stereocenters. The number of halogens is 1. The van der Waals surface area contributed by atoms with E-state index in [1.165, 1.54) is 62.0 Å². The summed E-state index contributed by atoms with van der Waals surface area (Å²) in [6, 6.07) is 0. The molecule has 1 N–H and O–H groups in total. The van der Waals surface area contributed by atoms with Gasteiger partial charge in [0.15, 0.2) is 0 Å².